The van der Waals surface area contributed by atoms with Crippen molar-refractivity contribution < 1.29 is 27.9 Å². The molecular weight excluding hydrogens is 549 g/mol. The molecule has 196 valence electrons. The van der Waals surface area contributed by atoms with Gasteiger partial charge in [0, 0.05) is 21.1 Å². The SMILES string of the molecule is CCC(CS(=O)(=O)C(C)C)N1C(=O)[C@@H](CC(=O)O)O[C@H](c2cc(Cl)cc(Cl)c2)[C@H]1c1ccc(Cl)cc1. The van der Waals surface area contributed by atoms with E-state index in [9.17, 15) is 23.1 Å². The van der Waals surface area contributed by atoms with Gasteiger partial charge in [0.2, 0.25) is 0 Å². The van der Waals surface area contributed by atoms with Gasteiger partial charge >= 0.3 is 5.97 Å². The summed E-state index contributed by atoms with van der Waals surface area (Å²) in [5, 5.41) is 9.99. The summed E-state index contributed by atoms with van der Waals surface area (Å²) >= 11 is 18.7. The van der Waals surface area contributed by atoms with Gasteiger partial charge in [0.25, 0.3) is 5.91 Å². The molecule has 36 heavy (non-hydrogen) atoms. The third kappa shape index (κ3) is 6.53. The second-order valence-electron chi connectivity index (χ2n) is 9.03. The average Bonchev–Trinajstić information content (AvgIpc) is 2.78. The van der Waals surface area contributed by atoms with Gasteiger partial charge in [-0.05, 0) is 61.7 Å². The Bertz CT molecular complexity index is 1200. The molecule has 1 heterocycles. The molecular formula is C25H28Cl3NO6S. The minimum Gasteiger partial charge on any atom is -0.481 e. The van der Waals surface area contributed by atoms with Crippen LogP contribution in [0.2, 0.25) is 15.1 Å². The van der Waals surface area contributed by atoms with Crippen LogP contribution in [0.4, 0.5) is 0 Å². The Morgan fingerprint density at radius 1 is 1.03 bits per heavy atom. The summed E-state index contributed by atoms with van der Waals surface area (Å²) in [6.45, 7) is 4.97. The van der Waals surface area contributed by atoms with Crippen LogP contribution in [0.15, 0.2) is 42.5 Å². The van der Waals surface area contributed by atoms with Crippen LogP contribution >= 0.6 is 34.8 Å². The fraction of sp³-hybridized carbons (Fsp3) is 0.440. The summed E-state index contributed by atoms with van der Waals surface area (Å²) in [4.78, 5) is 26.8. The van der Waals surface area contributed by atoms with Crippen molar-refractivity contribution in [1.82, 2.24) is 4.90 Å². The fourth-order valence-corrected chi connectivity index (χ4v) is 6.30. The molecule has 1 aliphatic rings. The number of benzene rings is 2. The summed E-state index contributed by atoms with van der Waals surface area (Å²) in [5.74, 6) is -2.09. The molecule has 2 aromatic carbocycles. The smallest absolute Gasteiger partial charge is 0.306 e. The van der Waals surface area contributed by atoms with Crippen molar-refractivity contribution in [2.24, 2.45) is 0 Å². The molecule has 1 fully saturated rings. The average molecular weight is 577 g/mol. The number of aliphatic carboxylic acids is 1. The topological polar surface area (TPSA) is 101 Å². The lowest BCUT2D eigenvalue weighted by Gasteiger charge is -2.48. The van der Waals surface area contributed by atoms with Crippen molar-refractivity contribution in [1.29, 1.82) is 0 Å². The number of halogens is 3. The van der Waals surface area contributed by atoms with E-state index in [4.69, 9.17) is 39.5 Å². The molecule has 1 aliphatic heterocycles. The summed E-state index contributed by atoms with van der Waals surface area (Å²) in [6, 6.07) is 10.1. The zero-order valence-corrected chi connectivity index (χ0v) is 23.1. The van der Waals surface area contributed by atoms with Crippen LogP contribution in [0.3, 0.4) is 0 Å². The number of carbonyl (C=O) groups excluding carboxylic acids is 1. The molecule has 0 radical (unpaired) electrons. The lowest BCUT2D eigenvalue weighted by atomic mass is 9.89. The molecule has 1 unspecified atom stereocenters. The van der Waals surface area contributed by atoms with Crippen LogP contribution in [-0.4, -0.2) is 53.4 Å². The quantitative estimate of drug-likeness (QED) is 0.409. The first-order valence-electron chi connectivity index (χ1n) is 11.5. The predicted molar refractivity (Wildman–Crippen MR) is 140 cm³/mol. The van der Waals surface area contributed by atoms with Crippen LogP contribution in [0.5, 0.6) is 0 Å². The first-order chi connectivity index (χ1) is 16.8. The van der Waals surface area contributed by atoms with Gasteiger partial charge in [0.15, 0.2) is 9.84 Å². The van der Waals surface area contributed by atoms with Crippen molar-refractivity contribution in [3.63, 3.8) is 0 Å². The van der Waals surface area contributed by atoms with Crippen molar-refractivity contribution in [2.75, 3.05) is 5.75 Å². The Balaban J connectivity index is 2.23. The van der Waals surface area contributed by atoms with Gasteiger partial charge in [0.05, 0.1) is 23.5 Å². The zero-order valence-electron chi connectivity index (χ0n) is 20.0. The van der Waals surface area contributed by atoms with Crippen LogP contribution in [0, 0.1) is 0 Å². The van der Waals surface area contributed by atoms with E-state index >= 15 is 0 Å². The van der Waals surface area contributed by atoms with Gasteiger partial charge in [-0.3, -0.25) is 9.59 Å². The maximum Gasteiger partial charge on any atom is 0.306 e. The Kier molecular flexibility index (Phi) is 9.33. The van der Waals surface area contributed by atoms with Crippen molar-refractivity contribution in [2.45, 2.75) is 63.2 Å². The number of carbonyl (C=O) groups is 2. The van der Waals surface area contributed by atoms with E-state index in [1.54, 1.807) is 63.2 Å². The van der Waals surface area contributed by atoms with Crippen molar-refractivity contribution in [3.05, 3.63) is 68.7 Å². The second kappa shape index (κ2) is 11.7. The number of hydrogen-bond donors (Lipinski definition) is 1. The summed E-state index contributed by atoms with van der Waals surface area (Å²) in [6.07, 6.45) is -2.46. The number of amides is 1. The highest BCUT2D eigenvalue weighted by molar-refractivity contribution is 7.92. The molecule has 1 N–H and O–H groups in total. The first-order valence-corrected chi connectivity index (χ1v) is 14.3. The van der Waals surface area contributed by atoms with E-state index in [1.165, 1.54) is 4.90 Å². The summed E-state index contributed by atoms with van der Waals surface area (Å²) in [7, 11) is -3.55. The van der Waals surface area contributed by atoms with E-state index in [0.717, 1.165) is 0 Å². The molecule has 3 rings (SSSR count). The van der Waals surface area contributed by atoms with Gasteiger partial charge in [-0.2, -0.15) is 0 Å². The summed E-state index contributed by atoms with van der Waals surface area (Å²) < 4.78 is 32.0. The molecule has 0 aromatic heterocycles. The number of carboxylic acid groups (broad SMARTS) is 1. The number of sulfone groups is 1. The molecule has 0 aliphatic carbocycles. The van der Waals surface area contributed by atoms with Gasteiger partial charge in [0.1, 0.15) is 12.2 Å². The number of nitrogens with zero attached hydrogens (tertiary/aromatic N) is 1. The Labute approximate surface area is 226 Å². The highest BCUT2D eigenvalue weighted by atomic mass is 35.5. The monoisotopic (exact) mass is 575 g/mol. The van der Waals surface area contributed by atoms with Crippen molar-refractivity contribution >= 4 is 56.5 Å². The van der Waals surface area contributed by atoms with Crippen LogP contribution in [0.1, 0.15) is 56.9 Å². The van der Waals surface area contributed by atoms with Crippen LogP contribution in [0.25, 0.3) is 0 Å². The van der Waals surface area contributed by atoms with Gasteiger partial charge < -0.3 is 14.7 Å². The second-order valence-corrected chi connectivity index (χ2v) is 12.9. The van der Waals surface area contributed by atoms with Gasteiger partial charge in [-0.1, -0.05) is 53.9 Å². The molecule has 0 saturated carbocycles. The fourth-order valence-electron chi connectivity index (χ4n) is 4.31. The zero-order chi connectivity index (χ0) is 26.8. The third-order valence-electron chi connectivity index (χ3n) is 6.22. The van der Waals surface area contributed by atoms with Gasteiger partial charge in [-0.25, -0.2) is 8.42 Å². The Morgan fingerprint density at radius 2 is 1.61 bits per heavy atom. The maximum atomic E-state index is 13.7. The molecule has 1 saturated heterocycles. The van der Waals surface area contributed by atoms with E-state index in [0.29, 0.717) is 32.6 Å². The number of carboxylic acids is 1. The van der Waals surface area contributed by atoms with Crippen LogP contribution in [-0.2, 0) is 24.2 Å². The minimum atomic E-state index is -3.55. The number of ether oxygens (including phenoxy) is 1. The van der Waals surface area contributed by atoms with Gasteiger partial charge in [-0.15, -0.1) is 0 Å². The molecule has 11 heteroatoms. The Hall–Kier alpha value is -1.84. The molecule has 2 aromatic rings. The number of rotatable bonds is 9. The molecule has 0 bridgehead atoms. The minimum absolute atomic E-state index is 0.278. The van der Waals surface area contributed by atoms with Crippen LogP contribution < -0.4 is 0 Å². The normalized spacial score (nSPS) is 21.6. The molecule has 0 spiro atoms. The highest BCUT2D eigenvalue weighted by Crippen LogP contribution is 2.45. The van der Waals surface area contributed by atoms with Crippen molar-refractivity contribution in [3.8, 4) is 0 Å². The van der Waals surface area contributed by atoms with E-state index in [2.05, 4.69) is 0 Å². The highest BCUT2D eigenvalue weighted by Gasteiger charge is 2.48. The predicted octanol–water partition coefficient (Wildman–Crippen LogP) is 5.73. The first kappa shape index (κ1) is 28.7. The van der Waals surface area contributed by atoms with E-state index < -0.39 is 57.7 Å². The molecule has 7 nitrogen and oxygen atoms in total. The van der Waals surface area contributed by atoms with E-state index in [-0.39, 0.29) is 5.75 Å². The summed E-state index contributed by atoms with van der Waals surface area (Å²) in [5.41, 5.74) is 1.17. The standard InChI is InChI=1S/C25H28Cl3NO6S/c1-4-20(13-36(33,34)14(2)3)29-23(15-5-7-17(26)8-6-15)24(16-9-18(27)11-19(28)10-16)35-21(25(29)32)12-22(30)31/h5-11,14,20-21,23-24H,4,12-13H2,1-3H3,(H,30,31)/t20?,21-,23-,24-/m1/s1. The molecule has 1 amide bonds. The maximum absolute atomic E-state index is 13.7. The Morgan fingerprint density at radius 3 is 2.11 bits per heavy atom. The lowest BCUT2D eigenvalue weighted by Crippen LogP contribution is -2.56. The number of hydrogen-bond acceptors (Lipinski definition) is 5. The lowest BCUT2D eigenvalue weighted by molar-refractivity contribution is -0.182. The number of morpholine rings is 1. The largest absolute Gasteiger partial charge is 0.481 e. The third-order valence-corrected chi connectivity index (χ3v) is 9.19. The van der Waals surface area contributed by atoms with E-state index in [1.807, 2.05) is 0 Å². The molecule has 4 atom stereocenters.